The van der Waals surface area contributed by atoms with Crippen LogP contribution < -0.4 is 9.64 Å². The largest absolute Gasteiger partial charge is 0.497 e. The Labute approximate surface area is 171 Å². The van der Waals surface area contributed by atoms with Crippen molar-refractivity contribution < 1.29 is 18.7 Å². The third kappa shape index (κ3) is 4.60. The normalized spacial score (nSPS) is 23.2. The molecule has 0 saturated carbocycles. The quantitative estimate of drug-likeness (QED) is 0.789. The summed E-state index contributed by atoms with van der Waals surface area (Å²) in [4.78, 5) is 16.6. The van der Waals surface area contributed by atoms with E-state index in [1.54, 1.807) is 24.1 Å². The van der Waals surface area contributed by atoms with Crippen LogP contribution in [0.5, 0.6) is 5.75 Å². The predicted molar refractivity (Wildman–Crippen MR) is 110 cm³/mol. The zero-order valence-electron chi connectivity index (χ0n) is 16.8. The first-order valence-electron chi connectivity index (χ1n) is 10.1. The van der Waals surface area contributed by atoms with Crippen molar-refractivity contribution in [1.82, 2.24) is 4.90 Å². The van der Waals surface area contributed by atoms with Gasteiger partial charge in [-0.1, -0.05) is 18.2 Å². The number of hydrogen-bond donors (Lipinski definition) is 0. The van der Waals surface area contributed by atoms with Crippen LogP contribution in [0.1, 0.15) is 24.8 Å². The number of ether oxygens (including phenoxy) is 2. The van der Waals surface area contributed by atoms with E-state index in [4.69, 9.17) is 9.47 Å². The number of hydrogen-bond acceptors (Lipinski definition) is 4. The highest BCUT2D eigenvalue weighted by Gasteiger charge is 2.41. The summed E-state index contributed by atoms with van der Waals surface area (Å²) < 4.78 is 25.0. The van der Waals surface area contributed by atoms with E-state index in [1.165, 1.54) is 17.7 Å². The Morgan fingerprint density at radius 1 is 1.14 bits per heavy atom. The third-order valence-corrected chi connectivity index (χ3v) is 5.92. The Kier molecular flexibility index (Phi) is 5.83. The average Bonchev–Trinajstić information content (AvgIpc) is 2.93. The first kappa shape index (κ1) is 19.9. The lowest BCUT2D eigenvalue weighted by Crippen LogP contribution is -2.55. The third-order valence-electron chi connectivity index (χ3n) is 5.92. The van der Waals surface area contributed by atoms with Crippen LogP contribution in [0.2, 0.25) is 0 Å². The first-order valence-corrected chi connectivity index (χ1v) is 10.1. The number of nitrogens with zero attached hydrogens (tertiary/aromatic N) is 2. The molecule has 1 spiro atoms. The number of halogens is 1. The second-order valence-corrected chi connectivity index (χ2v) is 7.91. The van der Waals surface area contributed by atoms with E-state index in [-0.39, 0.29) is 23.9 Å². The first-order chi connectivity index (χ1) is 14.1. The maximum atomic E-state index is 13.7. The van der Waals surface area contributed by atoms with E-state index >= 15 is 0 Å². The summed E-state index contributed by atoms with van der Waals surface area (Å²) >= 11 is 0. The van der Waals surface area contributed by atoms with Gasteiger partial charge in [0.1, 0.15) is 18.2 Å². The smallest absolute Gasteiger partial charge is 0.253 e. The van der Waals surface area contributed by atoms with E-state index in [2.05, 4.69) is 17.0 Å². The van der Waals surface area contributed by atoms with Crippen LogP contribution >= 0.6 is 0 Å². The van der Waals surface area contributed by atoms with Crippen molar-refractivity contribution in [2.75, 3.05) is 38.3 Å². The van der Waals surface area contributed by atoms with Crippen molar-refractivity contribution in [3.63, 3.8) is 0 Å². The molecule has 0 aromatic heterocycles. The molecule has 2 heterocycles. The molecule has 2 aliphatic rings. The molecule has 2 aromatic carbocycles. The molecule has 6 heteroatoms. The van der Waals surface area contributed by atoms with Gasteiger partial charge in [0.05, 0.1) is 19.3 Å². The molecule has 1 amide bonds. The highest BCUT2D eigenvalue weighted by atomic mass is 19.1. The monoisotopic (exact) mass is 398 g/mol. The van der Waals surface area contributed by atoms with Crippen molar-refractivity contribution in [2.24, 2.45) is 0 Å². The average molecular weight is 398 g/mol. The Morgan fingerprint density at radius 3 is 2.72 bits per heavy atom. The van der Waals surface area contributed by atoms with E-state index < -0.39 is 0 Å². The fraction of sp³-hybridized carbons (Fsp3) is 0.435. The van der Waals surface area contributed by atoms with Gasteiger partial charge < -0.3 is 14.4 Å². The lowest BCUT2D eigenvalue weighted by Gasteiger charge is -2.42. The van der Waals surface area contributed by atoms with Crippen molar-refractivity contribution in [1.29, 1.82) is 0 Å². The molecule has 4 rings (SSSR count). The Morgan fingerprint density at radius 2 is 1.97 bits per heavy atom. The van der Waals surface area contributed by atoms with Crippen LogP contribution in [0.15, 0.2) is 48.5 Å². The standard InChI is InChI=1S/C23H27FN2O3/c1-28-21-8-6-18(7-9-21)15-25-12-3-10-23(11-13-25)17-26(22(27)16-29-23)20-5-2-4-19(24)14-20/h2,4-9,14H,3,10-13,15-17H2,1H3. The molecule has 1 unspecified atom stereocenters. The highest BCUT2D eigenvalue weighted by Crippen LogP contribution is 2.33. The minimum atomic E-state index is -0.366. The van der Waals surface area contributed by atoms with Crippen LogP contribution in [-0.2, 0) is 16.1 Å². The number of morpholine rings is 1. The SMILES string of the molecule is COc1ccc(CN2CCCC3(CC2)CN(c2cccc(F)c2)C(=O)CO3)cc1. The van der Waals surface area contributed by atoms with Crippen LogP contribution in [0.3, 0.4) is 0 Å². The molecule has 2 aliphatic heterocycles. The van der Waals surface area contributed by atoms with Gasteiger partial charge in [0.15, 0.2) is 0 Å². The summed E-state index contributed by atoms with van der Waals surface area (Å²) in [5.74, 6) is 0.421. The van der Waals surface area contributed by atoms with Crippen molar-refractivity contribution in [3.8, 4) is 5.75 Å². The Bertz CT molecular complexity index is 857. The number of likely N-dealkylation sites (tertiary alicyclic amines) is 1. The molecule has 5 nitrogen and oxygen atoms in total. The summed E-state index contributed by atoms with van der Waals surface area (Å²) in [6.07, 6.45) is 2.74. The lowest BCUT2D eigenvalue weighted by atomic mass is 9.92. The minimum absolute atomic E-state index is 0.0506. The molecule has 0 bridgehead atoms. The minimum Gasteiger partial charge on any atom is -0.497 e. The van der Waals surface area contributed by atoms with Crippen LogP contribution in [0.25, 0.3) is 0 Å². The molecule has 0 N–H and O–H groups in total. The summed E-state index contributed by atoms with van der Waals surface area (Å²) in [5, 5.41) is 0. The molecule has 1 atom stereocenters. The van der Waals surface area contributed by atoms with E-state index in [0.717, 1.165) is 44.6 Å². The maximum Gasteiger partial charge on any atom is 0.253 e. The molecule has 0 aliphatic carbocycles. The van der Waals surface area contributed by atoms with Crippen molar-refractivity contribution in [3.05, 3.63) is 59.9 Å². The molecule has 0 radical (unpaired) electrons. The molecule has 154 valence electrons. The fourth-order valence-electron chi connectivity index (χ4n) is 4.27. The van der Waals surface area contributed by atoms with Gasteiger partial charge in [0.2, 0.25) is 0 Å². The van der Waals surface area contributed by atoms with E-state index in [1.807, 2.05) is 12.1 Å². The molecular weight excluding hydrogens is 371 g/mol. The number of amides is 1. The fourth-order valence-corrected chi connectivity index (χ4v) is 4.27. The topological polar surface area (TPSA) is 42.0 Å². The van der Waals surface area contributed by atoms with Crippen LogP contribution in [0.4, 0.5) is 10.1 Å². The number of carbonyl (C=O) groups is 1. The molecule has 2 fully saturated rings. The number of carbonyl (C=O) groups excluding carboxylic acids is 1. The summed E-state index contributed by atoms with van der Waals surface area (Å²) in [6, 6.07) is 14.4. The van der Waals surface area contributed by atoms with Gasteiger partial charge >= 0.3 is 0 Å². The zero-order valence-corrected chi connectivity index (χ0v) is 16.8. The predicted octanol–water partition coefficient (Wildman–Crippen LogP) is 3.62. The molecule has 29 heavy (non-hydrogen) atoms. The Hall–Kier alpha value is -2.44. The van der Waals surface area contributed by atoms with Gasteiger partial charge in [0, 0.05) is 18.8 Å². The summed E-state index contributed by atoms with van der Waals surface area (Å²) in [5.41, 5.74) is 1.49. The molecule has 2 saturated heterocycles. The second kappa shape index (κ2) is 8.51. The van der Waals surface area contributed by atoms with Gasteiger partial charge in [-0.05, 0) is 61.7 Å². The Balaban J connectivity index is 1.43. The number of methoxy groups -OCH3 is 1. The molecule has 2 aromatic rings. The van der Waals surface area contributed by atoms with Gasteiger partial charge in [-0.25, -0.2) is 4.39 Å². The summed E-state index contributed by atoms with van der Waals surface area (Å²) in [7, 11) is 1.67. The second-order valence-electron chi connectivity index (χ2n) is 7.91. The number of anilines is 1. The summed E-state index contributed by atoms with van der Waals surface area (Å²) in [6.45, 7) is 3.30. The van der Waals surface area contributed by atoms with E-state index in [0.29, 0.717) is 12.2 Å². The lowest BCUT2D eigenvalue weighted by molar-refractivity contribution is -0.140. The number of benzene rings is 2. The number of rotatable bonds is 4. The van der Waals surface area contributed by atoms with Gasteiger partial charge in [0.25, 0.3) is 5.91 Å². The van der Waals surface area contributed by atoms with E-state index in [9.17, 15) is 9.18 Å². The van der Waals surface area contributed by atoms with Crippen LogP contribution in [0, 0.1) is 5.82 Å². The van der Waals surface area contributed by atoms with Crippen LogP contribution in [-0.4, -0.2) is 49.8 Å². The molecular formula is C23H27FN2O3. The van der Waals surface area contributed by atoms with Gasteiger partial charge in [-0.15, -0.1) is 0 Å². The van der Waals surface area contributed by atoms with Gasteiger partial charge in [-0.3, -0.25) is 9.69 Å². The highest BCUT2D eigenvalue weighted by molar-refractivity contribution is 5.95. The van der Waals surface area contributed by atoms with Gasteiger partial charge in [-0.2, -0.15) is 0 Å². The van der Waals surface area contributed by atoms with Crippen molar-refractivity contribution >= 4 is 11.6 Å². The maximum absolute atomic E-state index is 13.7. The zero-order chi connectivity index (χ0) is 20.3. The van der Waals surface area contributed by atoms with Crippen molar-refractivity contribution in [2.45, 2.75) is 31.4 Å².